The van der Waals surface area contributed by atoms with Gasteiger partial charge in [-0.05, 0) is 27.7 Å². The molecule has 0 aliphatic heterocycles. The van der Waals surface area contributed by atoms with Crippen LogP contribution in [0.25, 0.3) is 0 Å². The highest BCUT2D eigenvalue weighted by atomic mass is 16.5. The van der Waals surface area contributed by atoms with Gasteiger partial charge >= 0.3 is 0 Å². The molecule has 0 radical (unpaired) electrons. The number of aromatic nitrogens is 1. The van der Waals surface area contributed by atoms with Crippen molar-refractivity contribution in [2.75, 3.05) is 6.61 Å². The van der Waals surface area contributed by atoms with E-state index in [2.05, 4.69) is 4.98 Å². The number of primary amides is 1. The number of nitrogens with zero attached hydrogens (tertiary/aromatic N) is 1. The number of hydrogen-bond donors (Lipinski definition) is 2. The molecule has 0 aromatic carbocycles. The number of rotatable bonds is 4. The minimum absolute atomic E-state index is 0.302. The summed E-state index contributed by atoms with van der Waals surface area (Å²) in [6.45, 7) is 7.55. The highest BCUT2D eigenvalue weighted by Crippen LogP contribution is 2.22. The van der Waals surface area contributed by atoms with Crippen molar-refractivity contribution in [3.8, 4) is 5.75 Å². The molecule has 1 aromatic heterocycles. The SMILES string of the molecule is Cc1cc(OCC(C)(C)N)c(C(N)=O)c(C)n1. The van der Waals surface area contributed by atoms with Crippen LogP contribution in [-0.4, -0.2) is 23.0 Å². The molecular formula is C12H19N3O2. The molecule has 0 aliphatic carbocycles. The van der Waals surface area contributed by atoms with Gasteiger partial charge in [0.25, 0.3) is 5.91 Å². The number of ether oxygens (including phenoxy) is 1. The molecule has 0 aliphatic rings. The van der Waals surface area contributed by atoms with Crippen molar-refractivity contribution in [1.82, 2.24) is 4.98 Å². The average molecular weight is 237 g/mol. The van der Waals surface area contributed by atoms with Gasteiger partial charge in [0.1, 0.15) is 17.9 Å². The zero-order chi connectivity index (χ0) is 13.2. The molecule has 5 nitrogen and oxygen atoms in total. The van der Waals surface area contributed by atoms with E-state index in [0.717, 1.165) is 5.69 Å². The highest BCUT2D eigenvalue weighted by Gasteiger charge is 2.18. The fourth-order valence-electron chi connectivity index (χ4n) is 1.47. The summed E-state index contributed by atoms with van der Waals surface area (Å²) in [5.74, 6) is -0.0964. The molecule has 1 amide bonds. The lowest BCUT2D eigenvalue weighted by atomic mass is 10.1. The summed E-state index contributed by atoms with van der Waals surface area (Å²) >= 11 is 0. The molecule has 0 bridgehead atoms. The van der Waals surface area contributed by atoms with E-state index >= 15 is 0 Å². The van der Waals surface area contributed by atoms with Crippen molar-refractivity contribution in [1.29, 1.82) is 0 Å². The van der Waals surface area contributed by atoms with Crippen LogP contribution in [0.3, 0.4) is 0 Å². The largest absolute Gasteiger partial charge is 0.491 e. The normalized spacial score (nSPS) is 11.4. The predicted octanol–water partition coefficient (Wildman–Crippen LogP) is 0.913. The Labute approximate surface area is 101 Å². The van der Waals surface area contributed by atoms with Crippen LogP contribution in [0.15, 0.2) is 6.07 Å². The van der Waals surface area contributed by atoms with Gasteiger partial charge in [-0.25, -0.2) is 0 Å². The van der Waals surface area contributed by atoms with Gasteiger partial charge < -0.3 is 16.2 Å². The van der Waals surface area contributed by atoms with E-state index in [-0.39, 0.29) is 0 Å². The molecule has 0 saturated carbocycles. The fraction of sp³-hybridized carbons (Fsp3) is 0.500. The smallest absolute Gasteiger partial charge is 0.254 e. The Bertz CT molecular complexity index is 436. The van der Waals surface area contributed by atoms with E-state index in [1.807, 2.05) is 20.8 Å². The minimum atomic E-state index is -0.542. The summed E-state index contributed by atoms with van der Waals surface area (Å²) < 4.78 is 5.56. The van der Waals surface area contributed by atoms with Gasteiger partial charge in [-0.1, -0.05) is 0 Å². The number of nitrogens with two attached hydrogens (primary N) is 2. The number of carbonyl (C=O) groups excluding carboxylic acids is 1. The summed E-state index contributed by atoms with van der Waals surface area (Å²) in [6.07, 6.45) is 0. The Morgan fingerprint density at radius 2 is 2.06 bits per heavy atom. The average Bonchev–Trinajstić information content (AvgIpc) is 2.11. The van der Waals surface area contributed by atoms with Crippen molar-refractivity contribution in [3.05, 3.63) is 23.0 Å². The Balaban J connectivity index is 3.09. The van der Waals surface area contributed by atoms with Gasteiger partial charge in [-0.15, -0.1) is 0 Å². The monoisotopic (exact) mass is 237 g/mol. The van der Waals surface area contributed by atoms with E-state index in [0.29, 0.717) is 23.6 Å². The van der Waals surface area contributed by atoms with Gasteiger partial charge in [0.05, 0.1) is 5.69 Å². The number of carbonyl (C=O) groups is 1. The lowest BCUT2D eigenvalue weighted by Gasteiger charge is -2.20. The highest BCUT2D eigenvalue weighted by molar-refractivity contribution is 5.96. The van der Waals surface area contributed by atoms with Crippen LogP contribution in [0.1, 0.15) is 35.6 Å². The van der Waals surface area contributed by atoms with Crippen molar-refractivity contribution < 1.29 is 9.53 Å². The minimum Gasteiger partial charge on any atom is -0.491 e. The Hall–Kier alpha value is -1.62. The molecule has 1 rings (SSSR count). The molecule has 94 valence electrons. The van der Waals surface area contributed by atoms with Crippen LogP contribution in [0.2, 0.25) is 0 Å². The van der Waals surface area contributed by atoms with Crippen molar-refractivity contribution in [2.24, 2.45) is 11.5 Å². The molecule has 0 unspecified atom stereocenters. The second-order valence-electron chi connectivity index (χ2n) is 4.86. The van der Waals surface area contributed by atoms with E-state index in [4.69, 9.17) is 16.2 Å². The van der Waals surface area contributed by atoms with Gasteiger partial charge in [0.2, 0.25) is 0 Å². The molecule has 17 heavy (non-hydrogen) atoms. The van der Waals surface area contributed by atoms with Gasteiger partial charge in [0, 0.05) is 17.3 Å². The van der Waals surface area contributed by atoms with E-state index in [1.165, 1.54) is 0 Å². The van der Waals surface area contributed by atoms with Crippen molar-refractivity contribution in [3.63, 3.8) is 0 Å². The Kier molecular flexibility index (Phi) is 3.72. The topological polar surface area (TPSA) is 91.2 Å². The summed E-state index contributed by atoms with van der Waals surface area (Å²) in [5.41, 5.74) is 12.3. The van der Waals surface area contributed by atoms with Crippen LogP contribution >= 0.6 is 0 Å². The first-order valence-corrected chi connectivity index (χ1v) is 5.40. The van der Waals surface area contributed by atoms with Crippen molar-refractivity contribution >= 4 is 5.91 Å². The summed E-state index contributed by atoms with van der Waals surface area (Å²) in [6, 6.07) is 1.69. The third-order valence-corrected chi connectivity index (χ3v) is 2.14. The van der Waals surface area contributed by atoms with Crippen molar-refractivity contribution in [2.45, 2.75) is 33.2 Å². The predicted molar refractivity (Wildman–Crippen MR) is 66.0 cm³/mol. The molecular weight excluding hydrogens is 218 g/mol. The molecule has 4 N–H and O–H groups in total. The van der Waals surface area contributed by atoms with E-state index in [9.17, 15) is 4.79 Å². The molecule has 1 aromatic rings. The first kappa shape index (κ1) is 13.4. The third-order valence-electron chi connectivity index (χ3n) is 2.14. The van der Waals surface area contributed by atoms with E-state index in [1.54, 1.807) is 13.0 Å². The molecule has 0 fully saturated rings. The molecule has 0 saturated heterocycles. The lowest BCUT2D eigenvalue weighted by molar-refractivity contribution is 0.0993. The Morgan fingerprint density at radius 3 is 2.53 bits per heavy atom. The zero-order valence-corrected chi connectivity index (χ0v) is 10.7. The number of pyridine rings is 1. The molecule has 0 atom stereocenters. The summed E-state index contributed by atoms with van der Waals surface area (Å²) in [7, 11) is 0. The standard InChI is InChI=1S/C12H19N3O2/c1-7-5-9(17-6-12(3,4)14)10(11(13)16)8(2)15-7/h5H,6,14H2,1-4H3,(H2,13,16). The molecule has 0 spiro atoms. The van der Waals surface area contributed by atoms with E-state index < -0.39 is 11.4 Å². The van der Waals surface area contributed by atoms with Crippen LogP contribution in [0, 0.1) is 13.8 Å². The summed E-state index contributed by atoms with van der Waals surface area (Å²) in [4.78, 5) is 15.5. The first-order chi connectivity index (χ1) is 7.70. The number of hydrogen-bond acceptors (Lipinski definition) is 4. The molecule has 5 heteroatoms. The van der Waals surface area contributed by atoms with Crippen LogP contribution < -0.4 is 16.2 Å². The third kappa shape index (κ3) is 3.71. The maximum absolute atomic E-state index is 11.3. The van der Waals surface area contributed by atoms with Crippen LogP contribution in [0.4, 0.5) is 0 Å². The van der Waals surface area contributed by atoms with Gasteiger partial charge in [-0.2, -0.15) is 0 Å². The van der Waals surface area contributed by atoms with Gasteiger partial charge in [-0.3, -0.25) is 9.78 Å². The molecule has 1 heterocycles. The Morgan fingerprint density at radius 1 is 1.47 bits per heavy atom. The maximum atomic E-state index is 11.3. The van der Waals surface area contributed by atoms with Crippen LogP contribution in [-0.2, 0) is 0 Å². The summed E-state index contributed by atoms with van der Waals surface area (Å²) in [5, 5.41) is 0. The maximum Gasteiger partial charge on any atom is 0.254 e. The number of amides is 1. The second kappa shape index (κ2) is 4.71. The fourth-order valence-corrected chi connectivity index (χ4v) is 1.47. The zero-order valence-electron chi connectivity index (χ0n) is 10.7. The van der Waals surface area contributed by atoms with Gasteiger partial charge in [0.15, 0.2) is 0 Å². The van der Waals surface area contributed by atoms with Crippen LogP contribution in [0.5, 0.6) is 5.75 Å². The number of aryl methyl sites for hydroxylation is 2. The lowest BCUT2D eigenvalue weighted by Crippen LogP contribution is -2.39. The first-order valence-electron chi connectivity index (χ1n) is 5.40. The second-order valence-corrected chi connectivity index (χ2v) is 4.86. The quantitative estimate of drug-likeness (QED) is 0.814.